The summed E-state index contributed by atoms with van der Waals surface area (Å²) < 4.78 is 5.42. The van der Waals surface area contributed by atoms with Crippen LogP contribution in [-0.4, -0.2) is 23.5 Å². The van der Waals surface area contributed by atoms with E-state index in [2.05, 4.69) is 0 Å². The molecule has 6 nitrogen and oxygen atoms in total. The van der Waals surface area contributed by atoms with Gasteiger partial charge in [-0.25, -0.2) is 0 Å². The van der Waals surface area contributed by atoms with Crippen molar-refractivity contribution >= 4 is 17.3 Å². The van der Waals surface area contributed by atoms with Gasteiger partial charge in [0.2, 0.25) is 0 Å². The van der Waals surface area contributed by atoms with E-state index in [1.54, 1.807) is 11.0 Å². The number of carbonyl (C=O) groups excluding carboxylic acids is 1. The molecule has 0 aliphatic carbocycles. The molecule has 0 saturated heterocycles. The molecule has 0 aromatic heterocycles. The third kappa shape index (κ3) is 4.29. The Labute approximate surface area is 134 Å². The molecule has 0 N–H and O–H groups in total. The fraction of sp³-hybridized carbons (Fsp3) is 0.235. The van der Waals surface area contributed by atoms with Gasteiger partial charge < -0.3 is 9.64 Å². The summed E-state index contributed by atoms with van der Waals surface area (Å²) in [5.74, 6) is 0.0852. The predicted octanol–water partition coefficient (Wildman–Crippen LogP) is 3.42. The molecule has 6 heteroatoms. The van der Waals surface area contributed by atoms with Crippen LogP contribution in [0.2, 0.25) is 0 Å². The Kier molecular flexibility index (Phi) is 5.30. The topological polar surface area (TPSA) is 72.7 Å². The molecule has 2 aromatic rings. The van der Waals surface area contributed by atoms with Crippen LogP contribution in [0.25, 0.3) is 0 Å². The number of para-hydroxylation sites is 1. The minimum absolute atomic E-state index is 0.0291. The van der Waals surface area contributed by atoms with Crippen molar-refractivity contribution in [2.24, 2.45) is 0 Å². The predicted molar refractivity (Wildman–Crippen MR) is 87.7 cm³/mol. The van der Waals surface area contributed by atoms with Crippen LogP contribution in [0.5, 0.6) is 5.75 Å². The lowest BCUT2D eigenvalue weighted by Crippen LogP contribution is -2.40. The second kappa shape index (κ2) is 7.40. The van der Waals surface area contributed by atoms with Crippen LogP contribution < -0.4 is 9.64 Å². The number of nitro benzene ring substituents is 1. The van der Waals surface area contributed by atoms with Gasteiger partial charge in [-0.3, -0.25) is 14.9 Å². The Morgan fingerprint density at radius 1 is 1.17 bits per heavy atom. The molecule has 2 rings (SSSR count). The number of hydrogen-bond acceptors (Lipinski definition) is 4. The molecule has 0 aliphatic rings. The lowest BCUT2D eigenvalue weighted by Gasteiger charge is -2.26. The highest BCUT2D eigenvalue weighted by atomic mass is 16.6. The monoisotopic (exact) mass is 314 g/mol. The SMILES string of the molecule is CC(C)N(C(=O)COc1cccc([N+](=O)[O-])c1)c1ccccc1. The molecule has 0 radical (unpaired) electrons. The van der Waals surface area contributed by atoms with E-state index in [1.807, 2.05) is 44.2 Å². The van der Waals surface area contributed by atoms with Crippen molar-refractivity contribution in [1.82, 2.24) is 0 Å². The highest BCUT2D eigenvalue weighted by molar-refractivity contribution is 5.94. The third-order valence-electron chi connectivity index (χ3n) is 3.21. The second-order valence-corrected chi connectivity index (χ2v) is 5.24. The standard InChI is InChI=1S/C17H18N2O4/c1-13(2)18(14-7-4-3-5-8-14)17(20)12-23-16-10-6-9-15(11-16)19(21)22/h3-11,13H,12H2,1-2H3. The number of non-ortho nitro benzene ring substituents is 1. The van der Waals surface area contributed by atoms with Gasteiger partial charge in [-0.05, 0) is 32.0 Å². The first-order chi connectivity index (χ1) is 11.0. The first-order valence-corrected chi connectivity index (χ1v) is 7.23. The lowest BCUT2D eigenvalue weighted by atomic mass is 10.2. The van der Waals surface area contributed by atoms with Crippen LogP contribution in [0.4, 0.5) is 11.4 Å². The number of hydrogen-bond donors (Lipinski definition) is 0. The first kappa shape index (κ1) is 16.5. The van der Waals surface area contributed by atoms with Crippen molar-refractivity contribution in [3.05, 3.63) is 64.7 Å². The van der Waals surface area contributed by atoms with E-state index in [4.69, 9.17) is 4.74 Å². The summed E-state index contributed by atoms with van der Waals surface area (Å²) >= 11 is 0. The third-order valence-corrected chi connectivity index (χ3v) is 3.21. The smallest absolute Gasteiger partial charge is 0.273 e. The van der Waals surface area contributed by atoms with E-state index in [-0.39, 0.29) is 24.2 Å². The Morgan fingerprint density at radius 3 is 2.48 bits per heavy atom. The Balaban J connectivity index is 2.08. The molecule has 0 heterocycles. The molecule has 0 aliphatic heterocycles. The number of nitrogens with zero attached hydrogens (tertiary/aromatic N) is 2. The van der Waals surface area contributed by atoms with E-state index in [0.29, 0.717) is 5.75 Å². The zero-order valence-electron chi connectivity index (χ0n) is 13.0. The van der Waals surface area contributed by atoms with Gasteiger partial charge in [-0.2, -0.15) is 0 Å². The van der Waals surface area contributed by atoms with Gasteiger partial charge in [0, 0.05) is 17.8 Å². The molecule has 2 aromatic carbocycles. The zero-order chi connectivity index (χ0) is 16.8. The van der Waals surface area contributed by atoms with Crippen molar-refractivity contribution in [2.45, 2.75) is 19.9 Å². The number of amides is 1. The maximum atomic E-state index is 12.4. The maximum Gasteiger partial charge on any atom is 0.273 e. The Hall–Kier alpha value is -2.89. The maximum absolute atomic E-state index is 12.4. The number of carbonyl (C=O) groups is 1. The molecule has 0 saturated carbocycles. The minimum Gasteiger partial charge on any atom is -0.483 e. The average molecular weight is 314 g/mol. The highest BCUT2D eigenvalue weighted by Crippen LogP contribution is 2.20. The summed E-state index contributed by atoms with van der Waals surface area (Å²) in [7, 11) is 0. The average Bonchev–Trinajstić information content (AvgIpc) is 2.54. The van der Waals surface area contributed by atoms with Gasteiger partial charge in [0.05, 0.1) is 11.0 Å². The number of nitro groups is 1. The van der Waals surface area contributed by atoms with Crippen molar-refractivity contribution < 1.29 is 14.5 Å². The summed E-state index contributed by atoms with van der Waals surface area (Å²) in [4.78, 5) is 24.3. The molecule has 1 amide bonds. The number of ether oxygens (including phenoxy) is 1. The van der Waals surface area contributed by atoms with Crippen molar-refractivity contribution in [2.75, 3.05) is 11.5 Å². The molecule has 0 bridgehead atoms. The molecule has 0 atom stereocenters. The van der Waals surface area contributed by atoms with E-state index in [0.717, 1.165) is 5.69 Å². The molecule has 0 unspecified atom stereocenters. The molecule has 0 fully saturated rings. The summed E-state index contributed by atoms with van der Waals surface area (Å²) in [6.45, 7) is 3.64. The van der Waals surface area contributed by atoms with Gasteiger partial charge >= 0.3 is 0 Å². The zero-order valence-corrected chi connectivity index (χ0v) is 13.0. The minimum atomic E-state index is -0.501. The first-order valence-electron chi connectivity index (χ1n) is 7.23. The summed E-state index contributed by atoms with van der Waals surface area (Å²) in [5, 5.41) is 10.7. The van der Waals surface area contributed by atoms with Crippen molar-refractivity contribution in [3.8, 4) is 5.75 Å². The fourth-order valence-electron chi connectivity index (χ4n) is 2.22. The molecular weight excluding hydrogens is 296 g/mol. The van der Waals surface area contributed by atoms with Gasteiger partial charge in [0.25, 0.3) is 11.6 Å². The van der Waals surface area contributed by atoms with Crippen LogP contribution in [0.15, 0.2) is 54.6 Å². The Bertz CT molecular complexity index is 686. The van der Waals surface area contributed by atoms with Crippen molar-refractivity contribution in [1.29, 1.82) is 0 Å². The quantitative estimate of drug-likeness (QED) is 0.605. The van der Waals surface area contributed by atoms with Crippen LogP contribution in [0, 0.1) is 10.1 Å². The normalized spacial score (nSPS) is 10.4. The largest absolute Gasteiger partial charge is 0.483 e. The molecule has 120 valence electrons. The van der Waals surface area contributed by atoms with Crippen molar-refractivity contribution in [3.63, 3.8) is 0 Å². The van der Waals surface area contributed by atoms with E-state index >= 15 is 0 Å². The second-order valence-electron chi connectivity index (χ2n) is 5.24. The summed E-state index contributed by atoms with van der Waals surface area (Å²) in [6.07, 6.45) is 0. The van der Waals surface area contributed by atoms with E-state index < -0.39 is 4.92 Å². The van der Waals surface area contributed by atoms with Crippen LogP contribution in [0.1, 0.15) is 13.8 Å². The van der Waals surface area contributed by atoms with Crippen LogP contribution >= 0.6 is 0 Å². The van der Waals surface area contributed by atoms with Gasteiger partial charge in [-0.1, -0.05) is 24.3 Å². The van der Waals surface area contributed by atoms with Gasteiger partial charge in [0.1, 0.15) is 5.75 Å². The molecule has 23 heavy (non-hydrogen) atoms. The number of rotatable bonds is 6. The van der Waals surface area contributed by atoms with E-state index in [1.165, 1.54) is 18.2 Å². The van der Waals surface area contributed by atoms with Crippen LogP contribution in [-0.2, 0) is 4.79 Å². The molecular formula is C17H18N2O4. The van der Waals surface area contributed by atoms with E-state index in [9.17, 15) is 14.9 Å². The summed E-state index contributed by atoms with van der Waals surface area (Å²) in [5.41, 5.74) is 0.717. The highest BCUT2D eigenvalue weighted by Gasteiger charge is 2.19. The summed E-state index contributed by atoms with van der Waals surface area (Å²) in [6, 6.07) is 15.1. The molecule has 0 spiro atoms. The number of anilines is 1. The lowest BCUT2D eigenvalue weighted by molar-refractivity contribution is -0.384. The van der Waals surface area contributed by atoms with Gasteiger partial charge in [-0.15, -0.1) is 0 Å². The van der Waals surface area contributed by atoms with Crippen LogP contribution in [0.3, 0.4) is 0 Å². The number of benzene rings is 2. The fourth-order valence-corrected chi connectivity index (χ4v) is 2.22. The van der Waals surface area contributed by atoms with Gasteiger partial charge in [0.15, 0.2) is 6.61 Å². The Morgan fingerprint density at radius 2 is 1.87 bits per heavy atom.